The zero-order valence-corrected chi connectivity index (χ0v) is 12.7. The maximum atomic E-state index is 12.2. The third-order valence-corrected chi connectivity index (χ3v) is 2.98. The van der Waals surface area contributed by atoms with Crippen LogP contribution in [0.15, 0.2) is 30.3 Å². The highest BCUT2D eigenvalue weighted by Gasteiger charge is 2.09. The Morgan fingerprint density at radius 1 is 1.15 bits per heavy atom. The van der Waals surface area contributed by atoms with Gasteiger partial charge in [0.2, 0.25) is 5.91 Å². The van der Waals surface area contributed by atoms with Gasteiger partial charge in [0.05, 0.1) is 0 Å². The summed E-state index contributed by atoms with van der Waals surface area (Å²) in [5.74, 6) is 0.0607. The van der Waals surface area contributed by atoms with Crippen molar-refractivity contribution < 1.29 is 4.79 Å². The van der Waals surface area contributed by atoms with E-state index < -0.39 is 0 Å². The summed E-state index contributed by atoms with van der Waals surface area (Å²) < 4.78 is 0. The van der Waals surface area contributed by atoms with Crippen molar-refractivity contribution in [1.82, 2.24) is 9.80 Å². The molecular formula is C16H25N3O. The van der Waals surface area contributed by atoms with Crippen molar-refractivity contribution in [3.63, 3.8) is 0 Å². The number of nitrogens with two attached hydrogens (primary N) is 1. The van der Waals surface area contributed by atoms with Crippen molar-refractivity contribution in [3.05, 3.63) is 35.9 Å². The van der Waals surface area contributed by atoms with Crippen LogP contribution in [0.2, 0.25) is 0 Å². The molecule has 110 valence electrons. The lowest BCUT2D eigenvalue weighted by Gasteiger charge is -2.22. The minimum Gasteiger partial charge on any atom is -0.399 e. The first-order valence-electron chi connectivity index (χ1n) is 7.00. The number of carbonyl (C=O) groups excluding carboxylic acids is 1. The van der Waals surface area contributed by atoms with E-state index in [-0.39, 0.29) is 5.91 Å². The smallest absolute Gasteiger partial charge is 0.246 e. The van der Waals surface area contributed by atoms with Gasteiger partial charge in [-0.2, -0.15) is 0 Å². The summed E-state index contributed by atoms with van der Waals surface area (Å²) in [5.41, 5.74) is 7.35. The molecule has 0 radical (unpaired) electrons. The number of benzene rings is 1. The fraction of sp³-hybridized carbons (Fsp3) is 0.438. The van der Waals surface area contributed by atoms with Gasteiger partial charge in [0, 0.05) is 31.4 Å². The van der Waals surface area contributed by atoms with Gasteiger partial charge in [-0.1, -0.05) is 19.1 Å². The molecule has 1 aromatic carbocycles. The number of nitrogens with zero attached hydrogens (tertiary/aromatic N) is 2. The lowest BCUT2D eigenvalue weighted by Crippen LogP contribution is -2.36. The molecule has 1 rings (SSSR count). The highest BCUT2D eigenvalue weighted by Crippen LogP contribution is 2.07. The van der Waals surface area contributed by atoms with Crippen molar-refractivity contribution in [1.29, 1.82) is 0 Å². The largest absolute Gasteiger partial charge is 0.399 e. The van der Waals surface area contributed by atoms with Gasteiger partial charge in [-0.05, 0) is 44.3 Å². The lowest BCUT2D eigenvalue weighted by molar-refractivity contribution is -0.126. The van der Waals surface area contributed by atoms with E-state index in [0.717, 1.165) is 37.3 Å². The Morgan fingerprint density at radius 2 is 1.80 bits per heavy atom. The van der Waals surface area contributed by atoms with E-state index >= 15 is 0 Å². The normalized spacial score (nSPS) is 11.2. The Labute approximate surface area is 121 Å². The average Bonchev–Trinajstić information content (AvgIpc) is 2.42. The van der Waals surface area contributed by atoms with Crippen molar-refractivity contribution in [2.75, 3.05) is 39.5 Å². The molecule has 0 heterocycles. The molecule has 0 aliphatic carbocycles. The first kappa shape index (κ1) is 16.2. The Kier molecular flexibility index (Phi) is 6.81. The molecule has 0 aromatic heterocycles. The van der Waals surface area contributed by atoms with Crippen molar-refractivity contribution >= 4 is 17.7 Å². The summed E-state index contributed by atoms with van der Waals surface area (Å²) in [5, 5.41) is 0. The van der Waals surface area contributed by atoms with Crippen LogP contribution in [-0.2, 0) is 4.79 Å². The Balaban J connectivity index is 2.62. The number of hydrogen-bond acceptors (Lipinski definition) is 3. The number of nitrogen functional groups attached to an aromatic ring is 1. The fourth-order valence-electron chi connectivity index (χ4n) is 1.80. The van der Waals surface area contributed by atoms with Gasteiger partial charge in [0.15, 0.2) is 0 Å². The van der Waals surface area contributed by atoms with Crippen LogP contribution >= 0.6 is 0 Å². The summed E-state index contributed by atoms with van der Waals surface area (Å²) in [6.07, 6.45) is 4.44. The number of hydrogen-bond donors (Lipinski definition) is 1. The molecule has 2 N–H and O–H groups in total. The quantitative estimate of drug-likeness (QED) is 0.612. The third kappa shape index (κ3) is 5.89. The maximum absolute atomic E-state index is 12.2. The first-order chi connectivity index (χ1) is 9.52. The van der Waals surface area contributed by atoms with E-state index in [2.05, 4.69) is 11.8 Å². The number of carbonyl (C=O) groups is 1. The average molecular weight is 275 g/mol. The zero-order chi connectivity index (χ0) is 15.0. The second-order valence-corrected chi connectivity index (χ2v) is 5.13. The highest BCUT2D eigenvalue weighted by molar-refractivity contribution is 5.91. The SMILES string of the molecule is CCCN(CCN(C)C)C(=O)/C=C/c1ccc(N)cc1. The number of amides is 1. The molecule has 0 aliphatic rings. The molecule has 0 spiro atoms. The number of likely N-dealkylation sites (N-methyl/N-ethyl adjacent to an activating group) is 1. The second kappa shape index (κ2) is 8.38. The molecule has 0 aliphatic heterocycles. The summed E-state index contributed by atoms with van der Waals surface area (Å²) >= 11 is 0. The Hall–Kier alpha value is -1.81. The van der Waals surface area contributed by atoms with Gasteiger partial charge in [-0.3, -0.25) is 4.79 Å². The van der Waals surface area contributed by atoms with E-state index in [1.165, 1.54) is 0 Å². The van der Waals surface area contributed by atoms with Crippen LogP contribution in [0.4, 0.5) is 5.69 Å². The van der Waals surface area contributed by atoms with Crippen LogP contribution in [-0.4, -0.2) is 49.4 Å². The summed E-state index contributed by atoms with van der Waals surface area (Å²) in [6.45, 7) is 4.51. The van der Waals surface area contributed by atoms with E-state index in [4.69, 9.17) is 5.73 Å². The molecule has 0 unspecified atom stereocenters. The molecule has 0 bridgehead atoms. The number of anilines is 1. The molecule has 0 fully saturated rings. The zero-order valence-electron chi connectivity index (χ0n) is 12.7. The van der Waals surface area contributed by atoms with Crippen LogP contribution in [0.1, 0.15) is 18.9 Å². The summed E-state index contributed by atoms with van der Waals surface area (Å²) in [4.78, 5) is 16.1. The van der Waals surface area contributed by atoms with Crippen molar-refractivity contribution in [2.24, 2.45) is 0 Å². The minimum atomic E-state index is 0.0607. The van der Waals surface area contributed by atoms with Crippen molar-refractivity contribution in [2.45, 2.75) is 13.3 Å². The van der Waals surface area contributed by atoms with Gasteiger partial charge in [-0.15, -0.1) is 0 Å². The monoisotopic (exact) mass is 275 g/mol. The van der Waals surface area contributed by atoms with Gasteiger partial charge in [-0.25, -0.2) is 0 Å². The molecule has 1 amide bonds. The van der Waals surface area contributed by atoms with E-state index in [1.807, 2.05) is 49.3 Å². The molecule has 1 aromatic rings. The molecule has 0 saturated heterocycles. The predicted molar refractivity (Wildman–Crippen MR) is 85.3 cm³/mol. The van der Waals surface area contributed by atoms with Crippen LogP contribution in [0.25, 0.3) is 6.08 Å². The molecule has 20 heavy (non-hydrogen) atoms. The van der Waals surface area contributed by atoms with Gasteiger partial charge in [0.25, 0.3) is 0 Å². The standard InChI is InChI=1S/C16H25N3O/c1-4-11-19(13-12-18(2)3)16(20)10-7-14-5-8-15(17)9-6-14/h5-10H,4,11-13,17H2,1-3H3/b10-7+. The number of rotatable bonds is 7. The van der Waals surface area contributed by atoms with Crippen LogP contribution in [0, 0.1) is 0 Å². The van der Waals surface area contributed by atoms with Crippen LogP contribution in [0.5, 0.6) is 0 Å². The van der Waals surface area contributed by atoms with Gasteiger partial charge in [0.1, 0.15) is 0 Å². The first-order valence-corrected chi connectivity index (χ1v) is 7.00. The van der Waals surface area contributed by atoms with E-state index in [9.17, 15) is 4.79 Å². The van der Waals surface area contributed by atoms with Crippen molar-refractivity contribution in [3.8, 4) is 0 Å². The Bertz CT molecular complexity index is 438. The molecular weight excluding hydrogens is 250 g/mol. The highest BCUT2D eigenvalue weighted by atomic mass is 16.2. The van der Waals surface area contributed by atoms with E-state index in [1.54, 1.807) is 6.08 Å². The summed E-state index contributed by atoms with van der Waals surface area (Å²) in [6, 6.07) is 7.48. The van der Waals surface area contributed by atoms with Gasteiger partial charge < -0.3 is 15.5 Å². The lowest BCUT2D eigenvalue weighted by atomic mass is 10.2. The minimum absolute atomic E-state index is 0.0607. The molecule has 4 nitrogen and oxygen atoms in total. The molecule has 0 atom stereocenters. The Morgan fingerprint density at radius 3 is 2.35 bits per heavy atom. The van der Waals surface area contributed by atoms with Crippen LogP contribution in [0.3, 0.4) is 0 Å². The van der Waals surface area contributed by atoms with Crippen LogP contribution < -0.4 is 5.73 Å². The van der Waals surface area contributed by atoms with Gasteiger partial charge >= 0.3 is 0 Å². The molecule has 4 heteroatoms. The second-order valence-electron chi connectivity index (χ2n) is 5.13. The predicted octanol–water partition coefficient (Wildman–Crippen LogP) is 2.08. The molecule has 0 saturated carbocycles. The summed E-state index contributed by atoms with van der Waals surface area (Å²) in [7, 11) is 4.03. The topological polar surface area (TPSA) is 49.6 Å². The maximum Gasteiger partial charge on any atom is 0.246 e. The van der Waals surface area contributed by atoms with E-state index in [0.29, 0.717) is 0 Å². The third-order valence-electron chi connectivity index (χ3n) is 2.98. The fourth-order valence-corrected chi connectivity index (χ4v) is 1.80.